The molecular weight excluding hydrogens is 232 g/mol. The van der Waals surface area contributed by atoms with Crippen molar-refractivity contribution < 1.29 is 14.6 Å². The third-order valence-corrected chi connectivity index (χ3v) is 3.17. The zero-order valence-corrected chi connectivity index (χ0v) is 10.4. The number of nitrogens with zero attached hydrogens (tertiary/aromatic N) is 1. The number of carbonyl (C=O) groups excluding carboxylic acids is 1. The number of nitrogens with two attached hydrogens (primary N) is 1. The quantitative estimate of drug-likeness (QED) is 0.764. The van der Waals surface area contributed by atoms with Crippen molar-refractivity contribution >= 4 is 11.6 Å². The van der Waals surface area contributed by atoms with E-state index in [2.05, 4.69) is 0 Å². The van der Waals surface area contributed by atoms with Gasteiger partial charge in [-0.25, -0.2) is 0 Å². The molecule has 1 aromatic carbocycles. The van der Waals surface area contributed by atoms with Crippen molar-refractivity contribution in [3.8, 4) is 5.75 Å². The van der Waals surface area contributed by atoms with Crippen molar-refractivity contribution in [2.45, 2.75) is 18.9 Å². The summed E-state index contributed by atoms with van der Waals surface area (Å²) in [7, 11) is 1.55. The lowest BCUT2D eigenvalue weighted by Gasteiger charge is -2.30. The molecule has 1 aliphatic heterocycles. The number of amides is 1. The van der Waals surface area contributed by atoms with Crippen LogP contribution < -0.4 is 10.5 Å². The van der Waals surface area contributed by atoms with Crippen molar-refractivity contribution in [3.05, 3.63) is 23.8 Å². The van der Waals surface area contributed by atoms with E-state index in [1.807, 2.05) is 0 Å². The fourth-order valence-electron chi connectivity index (χ4n) is 2.16. The molecule has 1 fully saturated rings. The normalized spacial score (nSPS) is 19.7. The molecule has 0 bridgehead atoms. The second-order valence-corrected chi connectivity index (χ2v) is 4.50. The van der Waals surface area contributed by atoms with Crippen LogP contribution in [0.15, 0.2) is 18.2 Å². The Morgan fingerprint density at radius 2 is 2.33 bits per heavy atom. The van der Waals surface area contributed by atoms with Gasteiger partial charge in [-0.15, -0.1) is 0 Å². The van der Waals surface area contributed by atoms with E-state index in [4.69, 9.17) is 10.5 Å². The Hall–Kier alpha value is -1.75. The van der Waals surface area contributed by atoms with Crippen LogP contribution in [-0.4, -0.2) is 42.2 Å². The highest BCUT2D eigenvalue weighted by molar-refractivity contribution is 5.99. The van der Waals surface area contributed by atoms with Crippen LogP contribution in [0.25, 0.3) is 0 Å². The van der Waals surface area contributed by atoms with Crippen molar-refractivity contribution in [2.24, 2.45) is 0 Å². The van der Waals surface area contributed by atoms with E-state index >= 15 is 0 Å². The number of aliphatic hydroxyl groups excluding tert-OH is 1. The molecule has 2 rings (SSSR count). The van der Waals surface area contributed by atoms with E-state index in [1.165, 1.54) is 0 Å². The Bertz CT molecular complexity index is 448. The maximum absolute atomic E-state index is 12.3. The number of anilines is 1. The predicted molar refractivity (Wildman–Crippen MR) is 68.6 cm³/mol. The highest BCUT2D eigenvalue weighted by Gasteiger charge is 2.24. The Kier molecular flexibility index (Phi) is 3.72. The Balaban J connectivity index is 2.22. The molecular formula is C13H18N2O3. The number of likely N-dealkylation sites (tertiary alicyclic amines) is 1. The molecule has 1 atom stereocenters. The standard InChI is InChI=1S/C13H18N2O3/c1-18-10-4-5-12(14)11(7-10)13(17)15-6-2-3-9(16)8-15/h4-5,7,9,16H,2-3,6,8,14H2,1H3/t9-/m0/s1. The summed E-state index contributed by atoms with van der Waals surface area (Å²) in [5.74, 6) is 0.454. The Morgan fingerprint density at radius 3 is 3.00 bits per heavy atom. The molecule has 1 saturated heterocycles. The smallest absolute Gasteiger partial charge is 0.256 e. The maximum atomic E-state index is 12.3. The van der Waals surface area contributed by atoms with E-state index in [9.17, 15) is 9.90 Å². The molecule has 1 aromatic rings. The fourth-order valence-corrected chi connectivity index (χ4v) is 2.16. The second kappa shape index (κ2) is 5.27. The van der Waals surface area contributed by atoms with E-state index in [0.717, 1.165) is 12.8 Å². The van der Waals surface area contributed by atoms with Gasteiger partial charge >= 0.3 is 0 Å². The van der Waals surface area contributed by atoms with Gasteiger partial charge in [0.25, 0.3) is 5.91 Å². The van der Waals surface area contributed by atoms with E-state index in [0.29, 0.717) is 30.1 Å². The zero-order chi connectivity index (χ0) is 13.1. The van der Waals surface area contributed by atoms with Crippen LogP contribution in [0.3, 0.4) is 0 Å². The number of nitrogen functional groups attached to an aromatic ring is 1. The van der Waals surface area contributed by atoms with Crippen molar-refractivity contribution in [3.63, 3.8) is 0 Å². The minimum Gasteiger partial charge on any atom is -0.497 e. The number of hydrogen-bond donors (Lipinski definition) is 2. The number of piperidine rings is 1. The highest BCUT2D eigenvalue weighted by Crippen LogP contribution is 2.22. The van der Waals surface area contributed by atoms with Gasteiger partial charge in [0, 0.05) is 18.8 Å². The molecule has 5 heteroatoms. The van der Waals surface area contributed by atoms with Crippen molar-refractivity contribution in [1.82, 2.24) is 4.90 Å². The number of aliphatic hydroxyl groups is 1. The largest absolute Gasteiger partial charge is 0.497 e. The van der Waals surface area contributed by atoms with E-state index in [1.54, 1.807) is 30.2 Å². The first-order chi connectivity index (χ1) is 8.61. The molecule has 0 spiro atoms. The molecule has 0 aliphatic carbocycles. The topological polar surface area (TPSA) is 75.8 Å². The van der Waals surface area contributed by atoms with Crippen molar-refractivity contribution in [2.75, 3.05) is 25.9 Å². The van der Waals surface area contributed by atoms with Crippen LogP contribution in [0.2, 0.25) is 0 Å². The summed E-state index contributed by atoms with van der Waals surface area (Å²) < 4.78 is 5.09. The average molecular weight is 250 g/mol. The first-order valence-electron chi connectivity index (χ1n) is 6.02. The average Bonchev–Trinajstić information content (AvgIpc) is 2.38. The number of hydrogen-bond acceptors (Lipinski definition) is 4. The van der Waals surface area contributed by atoms with E-state index < -0.39 is 6.10 Å². The van der Waals surface area contributed by atoms with Crippen LogP contribution >= 0.6 is 0 Å². The SMILES string of the molecule is COc1ccc(N)c(C(=O)N2CCC[C@H](O)C2)c1. The van der Waals surface area contributed by atoms with Crippen LogP contribution in [0.4, 0.5) is 5.69 Å². The fraction of sp³-hybridized carbons (Fsp3) is 0.462. The first-order valence-corrected chi connectivity index (χ1v) is 6.02. The first kappa shape index (κ1) is 12.7. The van der Waals surface area contributed by atoms with E-state index in [-0.39, 0.29) is 5.91 Å². The van der Waals surface area contributed by atoms with Gasteiger partial charge in [-0.05, 0) is 31.0 Å². The third-order valence-electron chi connectivity index (χ3n) is 3.17. The van der Waals surface area contributed by atoms with Gasteiger partial charge < -0.3 is 20.5 Å². The molecule has 0 saturated carbocycles. The number of benzene rings is 1. The second-order valence-electron chi connectivity index (χ2n) is 4.50. The lowest BCUT2D eigenvalue weighted by Crippen LogP contribution is -2.42. The van der Waals surface area contributed by atoms with Gasteiger partial charge in [-0.1, -0.05) is 0 Å². The number of β-amino-alcohol motifs (C(OH)–C–C–N with tert-alkyl or cyclic N) is 1. The number of methoxy groups -OCH3 is 1. The summed E-state index contributed by atoms with van der Waals surface area (Å²) in [4.78, 5) is 14.0. The van der Waals surface area contributed by atoms with Gasteiger partial charge in [0.05, 0.1) is 18.8 Å². The Morgan fingerprint density at radius 1 is 1.56 bits per heavy atom. The third kappa shape index (κ3) is 2.56. The molecule has 1 aliphatic rings. The van der Waals surface area contributed by atoms with Gasteiger partial charge in [-0.2, -0.15) is 0 Å². The summed E-state index contributed by atoms with van der Waals surface area (Å²) in [5.41, 5.74) is 6.69. The van der Waals surface area contributed by atoms with Gasteiger partial charge in [-0.3, -0.25) is 4.79 Å². The molecule has 18 heavy (non-hydrogen) atoms. The number of carbonyl (C=O) groups is 1. The summed E-state index contributed by atoms with van der Waals surface area (Å²) in [6.45, 7) is 1.03. The highest BCUT2D eigenvalue weighted by atomic mass is 16.5. The zero-order valence-electron chi connectivity index (χ0n) is 10.4. The van der Waals surface area contributed by atoms with Gasteiger partial charge in [0.1, 0.15) is 5.75 Å². The van der Waals surface area contributed by atoms with Crippen molar-refractivity contribution in [1.29, 1.82) is 0 Å². The predicted octanol–water partition coefficient (Wildman–Crippen LogP) is 0.874. The number of ether oxygens (including phenoxy) is 1. The molecule has 98 valence electrons. The monoisotopic (exact) mass is 250 g/mol. The lowest BCUT2D eigenvalue weighted by molar-refractivity contribution is 0.0474. The molecule has 0 radical (unpaired) electrons. The van der Waals surface area contributed by atoms with Gasteiger partial charge in [0.2, 0.25) is 0 Å². The molecule has 1 heterocycles. The summed E-state index contributed by atoms with van der Waals surface area (Å²) in [5, 5.41) is 9.60. The Labute approximate surface area is 106 Å². The lowest BCUT2D eigenvalue weighted by atomic mass is 10.1. The molecule has 0 aromatic heterocycles. The van der Waals surface area contributed by atoms with Gasteiger partial charge in [0.15, 0.2) is 0 Å². The van der Waals surface area contributed by atoms with Crippen LogP contribution in [0.1, 0.15) is 23.2 Å². The number of rotatable bonds is 2. The molecule has 0 unspecified atom stereocenters. The summed E-state index contributed by atoms with van der Waals surface area (Å²) >= 11 is 0. The van der Waals surface area contributed by atoms with Crippen LogP contribution in [-0.2, 0) is 0 Å². The molecule has 3 N–H and O–H groups in total. The minimum absolute atomic E-state index is 0.148. The maximum Gasteiger partial charge on any atom is 0.256 e. The molecule has 1 amide bonds. The molecule has 5 nitrogen and oxygen atoms in total. The van der Waals surface area contributed by atoms with Crippen LogP contribution in [0.5, 0.6) is 5.75 Å². The minimum atomic E-state index is -0.436. The van der Waals surface area contributed by atoms with Crippen LogP contribution in [0, 0.1) is 0 Å². The summed E-state index contributed by atoms with van der Waals surface area (Å²) in [6.07, 6.45) is 1.13. The summed E-state index contributed by atoms with van der Waals surface area (Å²) in [6, 6.07) is 5.02.